The highest BCUT2D eigenvalue weighted by atomic mass is 16.5. The van der Waals surface area contributed by atoms with Crippen LogP contribution in [0, 0.1) is 6.92 Å². The highest BCUT2D eigenvalue weighted by Crippen LogP contribution is 2.20. The van der Waals surface area contributed by atoms with Crippen molar-refractivity contribution in [2.75, 3.05) is 7.11 Å². The summed E-state index contributed by atoms with van der Waals surface area (Å²) < 4.78 is 9.76. The lowest BCUT2D eigenvalue weighted by molar-refractivity contribution is -0.139. The molecule has 0 amide bonds. The van der Waals surface area contributed by atoms with Gasteiger partial charge in [0.05, 0.1) is 12.7 Å². The zero-order chi connectivity index (χ0) is 19.7. The molecule has 0 bridgehead atoms. The first kappa shape index (κ1) is 21.0. The van der Waals surface area contributed by atoms with Gasteiger partial charge in [0.2, 0.25) is 0 Å². The minimum Gasteiger partial charge on any atom is -0.480 e. The molecule has 2 aromatic heterocycles. The van der Waals surface area contributed by atoms with Crippen molar-refractivity contribution in [1.29, 1.82) is 0 Å². The van der Waals surface area contributed by atoms with Gasteiger partial charge in [0.15, 0.2) is 0 Å². The molecule has 6 N–H and O–H groups in total. The van der Waals surface area contributed by atoms with Crippen molar-refractivity contribution in [3.63, 3.8) is 0 Å². The van der Waals surface area contributed by atoms with E-state index in [0.717, 1.165) is 0 Å². The molecule has 0 spiro atoms. The Balaban J connectivity index is 0.000000263. The van der Waals surface area contributed by atoms with Crippen molar-refractivity contribution in [2.45, 2.75) is 31.8 Å². The van der Waals surface area contributed by atoms with E-state index >= 15 is 0 Å². The third-order valence-electron chi connectivity index (χ3n) is 3.23. The molecule has 11 heteroatoms. The number of ether oxygens (including phenoxy) is 1. The highest BCUT2D eigenvalue weighted by molar-refractivity contribution is 5.73. The van der Waals surface area contributed by atoms with Gasteiger partial charge in [0.25, 0.3) is 5.88 Å². The second kappa shape index (κ2) is 10.1. The maximum absolute atomic E-state index is 10.5. The van der Waals surface area contributed by atoms with E-state index in [2.05, 4.69) is 15.1 Å². The smallest absolute Gasteiger partial charge is 0.320 e. The minimum absolute atomic E-state index is 0.109. The van der Waals surface area contributed by atoms with Gasteiger partial charge in [-0.1, -0.05) is 0 Å². The Hall–Kier alpha value is -3.05. The molecule has 2 aromatic rings. The lowest BCUT2D eigenvalue weighted by Gasteiger charge is -2.03. The molecule has 26 heavy (non-hydrogen) atoms. The van der Waals surface area contributed by atoms with Crippen LogP contribution in [0.5, 0.6) is 5.88 Å². The molecule has 2 atom stereocenters. The van der Waals surface area contributed by atoms with Gasteiger partial charge in [0, 0.05) is 25.2 Å². The van der Waals surface area contributed by atoms with Gasteiger partial charge in [-0.2, -0.15) is 0 Å². The summed E-state index contributed by atoms with van der Waals surface area (Å²) in [6, 6.07) is -0.241. The number of aliphatic carboxylic acids is 2. The predicted molar refractivity (Wildman–Crippen MR) is 88.5 cm³/mol. The van der Waals surface area contributed by atoms with Crippen molar-refractivity contribution in [1.82, 2.24) is 15.1 Å². The lowest BCUT2D eigenvalue weighted by Crippen LogP contribution is -2.32. The van der Waals surface area contributed by atoms with Gasteiger partial charge in [-0.05, 0) is 18.1 Å². The number of nitrogens with zero attached hydrogens (tertiary/aromatic N) is 3. The first-order valence-electron chi connectivity index (χ1n) is 7.48. The number of nitrogens with two attached hydrogens (primary N) is 2. The summed E-state index contributed by atoms with van der Waals surface area (Å²) in [5, 5.41) is 20.6. The minimum atomic E-state index is -1.07. The monoisotopic (exact) mass is 367 g/mol. The zero-order valence-electron chi connectivity index (χ0n) is 14.3. The van der Waals surface area contributed by atoms with E-state index in [0.29, 0.717) is 23.0 Å². The molecule has 142 valence electrons. The van der Waals surface area contributed by atoms with Crippen LogP contribution in [0.4, 0.5) is 0 Å². The van der Waals surface area contributed by atoms with E-state index in [4.69, 9.17) is 30.9 Å². The number of carboxylic acids is 2. The molecule has 0 aromatic carbocycles. The SMILES string of the molecule is COc1noc(C[C@H](N)C(=O)O)c1C.N[C@@H](Cc1ncccn1)C(=O)O. The fourth-order valence-electron chi connectivity index (χ4n) is 1.74. The van der Waals surface area contributed by atoms with E-state index in [1.807, 2.05) is 0 Å². The van der Waals surface area contributed by atoms with Crippen LogP contribution in [0.3, 0.4) is 0 Å². The maximum atomic E-state index is 10.5. The number of methoxy groups -OCH3 is 1. The van der Waals surface area contributed by atoms with Crippen molar-refractivity contribution in [3.05, 3.63) is 35.6 Å². The normalized spacial score (nSPS) is 12.5. The fraction of sp³-hybridized carbons (Fsp3) is 0.400. The maximum Gasteiger partial charge on any atom is 0.320 e. The van der Waals surface area contributed by atoms with Crippen molar-refractivity contribution < 1.29 is 29.1 Å². The first-order valence-corrected chi connectivity index (χ1v) is 7.48. The molecular formula is C15H21N5O6. The Bertz CT molecular complexity index is 721. The number of aromatic nitrogens is 3. The third kappa shape index (κ3) is 6.45. The van der Waals surface area contributed by atoms with Gasteiger partial charge in [-0.15, -0.1) is 0 Å². The van der Waals surface area contributed by atoms with Gasteiger partial charge in [-0.25, -0.2) is 9.97 Å². The highest BCUT2D eigenvalue weighted by Gasteiger charge is 2.19. The van der Waals surface area contributed by atoms with Crippen LogP contribution < -0.4 is 16.2 Å². The third-order valence-corrected chi connectivity index (χ3v) is 3.23. The molecule has 0 saturated heterocycles. The topological polar surface area (TPSA) is 188 Å². The fourth-order valence-corrected chi connectivity index (χ4v) is 1.74. The van der Waals surface area contributed by atoms with Gasteiger partial charge < -0.3 is 30.9 Å². The summed E-state index contributed by atoms with van der Waals surface area (Å²) in [4.78, 5) is 28.5. The number of carboxylic acid groups (broad SMARTS) is 2. The first-order chi connectivity index (χ1) is 12.3. The van der Waals surface area contributed by atoms with Crippen molar-refractivity contribution in [2.24, 2.45) is 11.5 Å². The zero-order valence-corrected chi connectivity index (χ0v) is 14.3. The second-order valence-corrected chi connectivity index (χ2v) is 5.20. The average Bonchev–Trinajstić information content (AvgIpc) is 2.96. The van der Waals surface area contributed by atoms with Gasteiger partial charge in [0.1, 0.15) is 23.7 Å². The Kier molecular flexibility index (Phi) is 8.12. The van der Waals surface area contributed by atoms with Crippen molar-refractivity contribution in [3.8, 4) is 5.88 Å². The summed E-state index contributed by atoms with van der Waals surface area (Å²) in [6.07, 6.45) is 3.38. The van der Waals surface area contributed by atoms with Crippen LogP contribution in [0.2, 0.25) is 0 Å². The van der Waals surface area contributed by atoms with Crippen LogP contribution in [0.25, 0.3) is 0 Å². The Morgan fingerprint density at radius 3 is 2.15 bits per heavy atom. The molecule has 0 aliphatic carbocycles. The summed E-state index contributed by atoms with van der Waals surface area (Å²) in [7, 11) is 1.46. The second-order valence-electron chi connectivity index (χ2n) is 5.20. The number of hydrogen-bond donors (Lipinski definition) is 4. The van der Waals surface area contributed by atoms with E-state index in [-0.39, 0.29) is 12.8 Å². The van der Waals surface area contributed by atoms with E-state index < -0.39 is 24.0 Å². The van der Waals surface area contributed by atoms with Gasteiger partial charge >= 0.3 is 11.9 Å². The Morgan fingerprint density at radius 2 is 1.69 bits per heavy atom. The van der Waals surface area contributed by atoms with Crippen molar-refractivity contribution >= 4 is 11.9 Å². The molecular weight excluding hydrogens is 346 g/mol. The largest absolute Gasteiger partial charge is 0.480 e. The molecule has 0 aliphatic rings. The van der Waals surface area contributed by atoms with E-state index in [1.54, 1.807) is 25.4 Å². The molecule has 2 rings (SSSR count). The Morgan fingerprint density at radius 1 is 1.15 bits per heavy atom. The lowest BCUT2D eigenvalue weighted by atomic mass is 10.1. The molecule has 11 nitrogen and oxygen atoms in total. The average molecular weight is 367 g/mol. The number of hydrogen-bond acceptors (Lipinski definition) is 9. The summed E-state index contributed by atoms with van der Waals surface area (Å²) in [6.45, 7) is 1.74. The van der Waals surface area contributed by atoms with E-state index in [1.165, 1.54) is 7.11 Å². The standard InChI is InChI=1S/C8H12N2O4.C7H9N3O2/c1-4-6(3-5(9)8(11)12)14-10-7(4)13-2;8-5(7(11)12)4-6-9-2-1-3-10-6/h5H,3,9H2,1-2H3,(H,11,12);1-3,5H,4,8H2,(H,11,12)/t2*5-/m00/s1. The quantitative estimate of drug-likeness (QED) is 0.488. The summed E-state index contributed by atoms with van der Waals surface area (Å²) in [5.41, 5.74) is 11.3. The molecule has 0 unspecified atom stereocenters. The van der Waals surface area contributed by atoms with Crippen LogP contribution in [0.1, 0.15) is 17.1 Å². The summed E-state index contributed by atoms with van der Waals surface area (Å²) in [5.74, 6) is -0.857. The molecule has 0 fully saturated rings. The molecule has 0 radical (unpaired) electrons. The molecule has 2 heterocycles. The molecule has 0 saturated carbocycles. The van der Waals surface area contributed by atoms with Crippen LogP contribution in [-0.4, -0.2) is 56.5 Å². The Labute approximate surface area is 149 Å². The van der Waals surface area contributed by atoms with Crippen LogP contribution in [-0.2, 0) is 22.4 Å². The van der Waals surface area contributed by atoms with E-state index in [9.17, 15) is 9.59 Å². The van der Waals surface area contributed by atoms with Crippen LogP contribution >= 0.6 is 0 Å². The van der Waals surface area contributed by atoms with Gasteiger partial charge in [-0.3, -0.25) is 9.59 Å². The van der Waals surface area contributed by atoms with Crippen LogP contribution in [0.15, 0.2) is 23.0 Å². The number of carbonyl (C=O) groups is 2. The molecule has 0 aliphatic heterocycles. The number of rotatable bonds is 7. The predicted octanol–water partition coefficient (Wildman–Crippen LogP) is -0.623. The summed E-state index contributed by atoms with van der Waals surface area (Å²) >= 11 is 0.